The summed E-state index contributed by atoms with van der Waals surface area (Å²) in [4.78, 5) is 9.76. The lowest BCUT2D eigenvalue weighted by Crippen LogP contribution is -2.10. The molecule has 0 aromatic heterocycles. The maximum atomic E-state index is 10.8. The molecule has 0 radical (unpaired) electrons. The summed E-state index contributed by atoms with van der Waals surface area (Å²) in [7, 11) is -4.44. The number of benzene rings is 3. The smallest absolute Gasteiger partial charge is 0.335 e. The second kappa shape index (κ2) is 10.9. The Labute approximate surface area is 191 Å². The molecule has 33 heavy (non-hydrogen) atoms. The molecule has 12 heteroatoms. The van der Waals surface area contributed by atoms with E-state index in [1.807, 2.05) is 26.0 Å². The minimum absolute atomic E-state index is 0.00472. The van der Waals surface area contributed by atoms with Crippen LogP contribution in [0, 0.1) is 13.8 Å². The van der Waals surface area contributed by atoms with E-state index in [1.165, 1.54) is 17.7 Å². The van der Waals surface area contributed by atoms with Crippen LogP contribution in [0.3, 0.4) is 0 Å². The molecule has 0 unspecified atom stereocenters. The fraction of sp³-hybridized carbons (Fsp3) is 0.0952. The summed E-state index contributed by atoms with van der Waals surface area (Å²) in [5, 5.41) is 8.45. The monoisotopic (exact) mass is 476 g/mol. The summed E-state index contributed by atoms with van der Waals surface area (Å²) in [5.74, 6) is -0.952. The van der Waals surface area contributed by atoms with E-state index in [9.17, 15) is 13.2 Å². The summed E-state index contributed by atoms with van der Waals surface area (Å²) in [6, 6.07) is 13.2. The van der Waals surface area contributed by atoms with Gasteiger partial charge in [0, 0.05) is 11.4 Å². The fourth-order valence-corrected chi connectivity index (χ4v) is 3.04. The third-order valence-corrected chi connectivity index (χ3v) is 5.18. The number of aryl methyl sites for hydroxylation is 2. The topological polar surface area (TPSA) is 248 Å². The molecule has 14 N–H and O–H groups in total. The molecule has 0 saturated heterocycles. The number of carboxylic acid groups (broad SMARTS) is 1. The molecule has 0 aliphatic heterocycles. The van der Waals surface area contributed by atoms with Crippen molar-refractivity contribution in [2.24, 2.45) is 0 Å². The van der Waals surface area contributed by atoms with Gasteiger partial charge in [0.2, 0.25) is 0 Å². The van der Waals surface area contributed by atoms with Gasteiger partial charge in [-0.25, -0.2) is 4.79 Å². The van der Waals surface area contributed by atoms with Gasteiger partial charge in [0.05, 0.1) is 28.3 Å². The normalized spacial score (nSPS) is 10.3. The number of nitrogens with two attached hydrogens (primary N) is 6. The first kappa shape index (κ1) is 26.9. The van der Waals surface area contributed by atoms with Crippen LogP contribution in [-0.2, 0) is 10.1 Å². The van der Waals surface area contributed by atoms with Crippen LogP contribution in [0.5, 0.6) is 0 Å². The standard InChI is InChI=1S/C8H11N.C7H7NO2.C6H10N4O3S/c1-6-3-4-7(2)8(9)5-6;8-6-3-1-2-5(4-6)7(9)10;7-2-1-3(14(11,12)13)5(9)6(10)4(2)8/h3-5H,9H2,1-2H3;1-4H,8H2,(H,9,10);1H,7-10H2,(H,11,12,13). The highest BCUT2D eigenvalue weighted by atomic mass is 32.2. The molecule has 3 aromatic rings. The molecule has 0 spiro atoms. The van der Waals surface area contributed by atoms with Crippen molar-refractivity contribution >= 4 is 50.2 Å². The largest absolute Gasteiger partial charge is 0.478 e. The maximum Gasteiger partial charge on any atom is 0.335 e. The first-order valence-corrected chi connectivity index (χ1v) is 10.7. The molecular weight excluding hydrogens is 448 g/mol. The Kier molecular flexibility index (Phi) is 8.90. The lowest BCUT2D eigenvalue weighted by molar-refractivity contribution is 0.0697. The summed E-state index contributed by atoms with van der Waals surface area (Å²) >= 11 is 0. The van der Waals surface area contributed by atoms with Gasteiger partial charge in [-0.3, -0.25) is 4.55 Å². The predicted molar refractivity (Wildman–Crippen MR) is 132 cm³/mol. The molecule has 0 atom stereocenters. The summed E-state index contributed by atoms with van der Waals surface area (Å²) in [6.45, 7) is 4.05. The highest BCUT2D eigenvalue weighted by Gasteiger charge is 2.19. The Morgan fingerprint density at radius 2 is 1.39 bits per heavy atom. The van der Waals surface area contributed by atoms with E-state index in [2.05, 4.69) is 6.07 Å². The number of carboxylic acids is 1. The molecule has 0 heterocycles. The van der Waals surface area contributed by atoms with Crippen LogP contribution in [-0.4, -0.2) is 24.0 Å². The van der Waals surface area contributed by atoms with Crippen molar-refractivity contribution in [1.29, 1.82) is 0 Å². The number of carbonyl (C=O) groups is 1. The van der Waals surface area contributed by atoms with Crippen LogP contribution in [0.4, 0.5) is 34.1 Å². The summed E-state index contributed by atoms with van der Waals surface area (Å²) in [6.07, 6.45) is 0. The van der Waals surface area contributed by atoms with Gasteiger partial charge < -0.3 is 39.5 Å². The second-order valence-corrected chi connectivity index (χ2v) is 8.36. The van der Waals surface area contributed by atoms with E-state index >= 15 is 0 Å². The van der Waals surface area contributed by atoms with Gasteiger partial charge in [0.25, 0.3) is 10.1 Å². The molecule has 0 aliphatic carbocycles. The van der Waals surface area contributed by atoms with Crippen LogP contribution in [0.15, 0.2) is 53.4 Å². The van der Waals surface area contributed by atoms with Crippen LogP contribution in [0.25, 0.3) is 0 Å². The Bertz CT molecular complexity index is 1260. The number of nitrogen functional groups attached to an aromatic ring is 6. The maximum absolute atomic E-state index is 10.8. The molecule has 178 valence electrons. The third-order valence-electron chi connectivity index (χ3n) is 4.29. The zero-order valence-corrected chi connectivity index (χ0v) is 18.9. The molecule has 3 rings (SSSR count). The quantitative estimate of drug-likeness (QED) is 0.196. The zero-order valence-electron chi connectivity index (χ0n) is 18.1. The van der Waals surface area contributed by atoms with Gasteiger partial charge >= 0.3 is 5.97 Å². The highest BCUT2D eigenvalue weighted by Crippen LogP contribution is 2.34. The number of anilines is 6. The number of rotatable bonds is 2. The van der Waals surface area contributed by atoms with Crippen molar-refractivity contribution in [3.05, 3.63) is 65.2 Å². The van der Waals surface area contributed by atoms with Crippen LogP contribution >= 0.6 is 0 Å². The van der Waals surface area contributed by atoms with Gasteiger partial charge in [-0.05, 0) is 55.3 Å². The van der Waals surface area contributed by atoms with E-state index in [0.717, 1.165) is 17.3 Å². The number of hydrogen-bond donors (Lipinski definition) is 8. The number of hydrogen-bond acceptors (Lipinski definition) is 9. The molecule has 0 fully saturated rings. The Morgan fingerprint density at radius 1 is 0.788 bits per heavy atom. The SMILES string of the molecule is Cc1ccc(C)c(N)c1.Nc1cc(S(=O)(=O)O)c(N)c(N)c1N.Nc1cccc(C(=O)O)c1. The van der Waals surface area contributed by atoms with E-state index < -0.39 is 21.0 Å². The first-order chi connectivity index (χ1) is 15.1. The predicted octanol–water partition coefficient (Wildman–Crippen LogP) is 2.11. The summed E-state index contributed by atoms with van der Waals surface area (Å²) < 4.78 is 30.3. The summed E-state index contributed by atoms with van der Waals surface area (Å²) in [5.41, 5.74) is 35.8. The van der Waals surface area contributed by atoms with Crippen molar-refractivity contribution in [2.75, 3.05) is 34.4 Å². The average Bonchev–Trinajstić information content (AvgIpc) is 2.72. The minimum Gasteiger partial charge on any atom is -0.478 e. The third kappa shape index (κ3) is 7.79. The first-order valence-electron chi connectivity index (χ1n) is 9.27. The molecule has 11 nitrogen and oxygen atoms in total. The van der Waals surface area contributed by atoms with Crippen molar-refractivity contribution in [3.63, 3.8) is 0 Å². The van der Waals surface area contributed by atoms with E-state index in [1.54, 1.807) is 12.1 Å². The Morgan fingerprint density at radius 3 is 1.82 bits per heavy atom. The molecular formula is C21H28N6O5S. The van der Waals surface area contributed by atoms with Crippen molar-refractivity contribution in [3.8, 4) is 0 Å². The van der Waals surface area contributed by atoms with Crippen LogP contribution in [0.1, 0.15) is 21.5 Å². The Hall–Kier alpha value is -4.16. The molecule has 0 saturated carbocycles. The lowest BCUT2D eigenvalue weighted by atomic mass is 10.1. The lowest BCUT2D eigenvalue weighted by Gasteiger charge is -2.10. The van der Waals surface area contributed by atoms with Gasteiger partial charge in [-0.1, -0.05) is 18.2 Å². The Balaban J connectivity index is 0.000000255. The zero-order chi connectivity index (χ0) is 25.5. The number of aromatic carboxylic acids is 1. The highest BCUT2D eigenvalue weighted by molar-refractivity contribution is 7.86. The average molecular weight is 477 g/mol. The van der Waals surface area contributed by atoms with Crippen LogP contribution < -0.4 is 34.4 Å². The molecule has 0 bridgehead atoms. The van der Waals surface area contributed by atoms with E-state index in [-0.39, 0.29) is 28.3 Å². The van der Waals surface area contributed by atoms with Gasteiger partial charge in [0.15, 0.2) is 0 Å². The molecule has 0 amide bonds. The van der Waals surface area contributed by atoms with Gasteiger partial charge in [-0.15, -0.1) is 0 Å². The van der Waals surface area contributed by atoms with Crippen molar-refractivity contribution in [1.82, 2.24) is 0 Å². The fourth-order valence-electron chi connectivity index (χ4n) is 2.38. The van der Waals surface area contributed by atoms with E-state index in [0.29, 0.717) is 5.69 Å². The van der Waals surface area contributed by atoms with Crippen molar-refractivity contribution < 1.29 is 22.9 Å². The van der Waals surface area contributed by atoms with Gasteiger partial charge in [0.1, 0.15) is 4.90 Å². The minimum atomic E-state index is -4.44. The molecule has 3 aromatic carbocycles. The van der Waals surface area contributed by atoms with E-state index in [4.69, 9.17) is 44.1 Å². The second-order valence-electron chi connectivity index (χ2n) is 6.97. The van der Waals surface area contributed by atoms with Crippen LogP contribution in [0.2, 0.25) is 0 Å². The van der Waals surface area contributed by atoms with Gasteiger partial charge in [-0.2, -0.15) is 8.42 Å². The van der Waals surface area contributed by atoms with Crippen molar-refractivity contribution in [2.45, 2.75) is 18.7 Å². The molecule has 0 aliphatic rings.